The van der Waals surface area contributed by atoms with Crippen molar-refractivity contribution in [1.29, 1.82) is 0 Å². The van der Waals surface area contributed by atoms with Gasteiger partial charge in [0.15, 0.2) is 0 Å². The van der Waals surface area contributed by atoms with Crippen LogP contribution in [0.3, 0.4) is 0 Å². The van der Waals surface area contributed by atoms with Gasteiger partial charge in [0.05, 0.1) is 6.61 Å². The molecule has 0 atom stereocenters. The van der Waals surface area contributed by atoms with Gasteiger partial charge in [-0.15, -0.1) is 11.3 Å². The molecule has 1 aliphatic rings. The normalized spacial score (nSPS) is 14.9. The number of fused-ring (bicyclic) bond motifs is 1. The molecule has 0 unspecified atom stereocenters. The maximum atomic E-state index is 11.5. The smallest absolute Gasteiger partial charge is 0.348 e. The first-order valence-corrected chi connectivity index (χ1v) is 5.91. The Hall–Kier alpha value is -0.830. The molecule has 0 bridgehead atoms. The molecule has 0 aliphatic heterocycles. The van der Waals surface area contributed by atoms with Crippen molar-refractivity contribution in [2.24, 2.45) is 0 Å². The van der Waals surface area contributed by atoms with Gasteiger partial charge in [-0.25, -0.2) is 4.79 Å². The summed E-state index contributed by atoms with van der Waals surface area (Å²) in [6, 6.07) is 2.01. The fourth-order valence-corrected chi connectivity index (χ4v) is 2.94. The Labute approximate surface area is 87.9 Å². The predicted octanol–water partition coefficient (Wildman–Crippen LogP) is 2.80. The Morgan fingerprint density at radius 3 is 3.00 bits per heavy atom. The highest BCUT2D eigenvalue weighted by Crippen LogP contribution is 2.29. The lowest BCUT2D eigenvalue weighted by molar-refractivity contribution is 0.0532. The Balaban J connectivity index is 2.19. The maximum absolute atomic E-state index is 11.5. The minimum Gasteiger partial charge on any atom is -0.462 e. The molecule has 1 aromatic rings. The average Bonchev–Trinajstić information content (AvgIpc) is 2.61. The molecular weight excluding hydrogens is 196 g/mol. The van der Waals surface area contributed by atoms with Gasteiger partial charge in [0.1, 0.15) is 4.88 Å². The molecular formula is C11H14O2S. The molecule has 1 aliphatic carbocycles. The van der Waals surface area contributed by atoms with Gasteiger partial charge in [-0.2, -0.15) is 0 Å². The first kappa shape index (κ1) is 9.71. The van der Waals surface area contributed by atoms with Gasteiger partial charge in [0, 0.05) is 4.88 Å². The van der Waals surface area contributed by atoms with E-state index in [9.17, 15) is 4.79 Å². The number of ether oxygens (including phenoxy) is 1. The first-order chi connectivity index (χ1) is 6.81. The molecule has 0 radical (unpaired) electrons. The molecule has 2 nitrogen and oxygen atoms in total. The summed E-state index contributed by atoms with van der Waals surface area (Å²) < 4.78 is 4.98. The number of rotatable bonds is 2. The molecule has 3 heteroatoms. The molecule has 2 rings (SSSR count). The van der Waals surface area contributed by atoms with Crippen LogP contribution in [0, 0.1) is 0 Å². The molecule has 76 valence electrons. The standard InChI is InChI=1S/C11H14O2S/c1-2-13-11(12)10-7-8-5-3-4-6-9(8)14-10/h7H,2-6H2,1H3. The number of aryl methyl sites for hydroxylation is 2. The van der Waals surface area contributed by atoms with E-state index in [4.69, 9.17) is 4.74 Å². The van der Waals surface area contributed by atoms with Gasteiger partial charge >= 0.3 is 5.97 Å². The van der Waals surface area contributed by atoms with Crippen LogP contribution in [0.4, 0.5) is 0 Å². The lowest BCUT2D eigenvalue weighted by Gasteiger charge is -2.08. The van der Waals surface area contributed by atoms with E-state index < -0.39 is 0 Å². The van der Waals surface area contributed by atoms with Crippen molar-refractivity contribution in [1.82, 2.24) is 0 Å². The van der Waals surface area contributed by atoms with Crippen molar-refractivity contribution in [3.63, 3.8) is 0 Å². The summed E-state index contributed by atoms with van der Waals surface area (Å²) in [5, 5.41) is 0. The molecule has 0 amide bonds. The highest BCUT2D eigenvalue weighted by molar-refractivity contribution is 7.14. The van der Waals surface area contributed by atoms with Crippen LogP contribution in [0.1, 0.15) is 39.9 Å². The molecule has 0 fully saturated rings. The summed E-state index contributed by atoms with van der Waals surface area (Å²) in [6.45, 7) is 2.30. The largest absolute Gasteiger partial charge is 0.462 e. The van der Waals surface area contributed by atoms with Crippen LogP contribution in [0.5, 0.6) is 0 Å². The van der Waals surface area contributed by atoms with Gasteiger partial charge < -0.3 is 4.74 Å². The number of carbonyl (C=O) groups is 1. The first-order valence-electron chi connectivity index (χ1n) is 5.10. The minimum atomic E-state index is -0.160. The predicted molar refractivity (Wildman–Crippen MR) is 56.9 cm³/mol. The molecule has 14 heavy (non-hydrogen) atoms. The lowest BCUT2D eigenvalue weighted by Crippen LogP contribution is -2.01. The van der Waals surface area contributed by atoms with Crippen molar-refractivity contribution in [3.8, 4) is 0 Å². The van der Waals surface area contributed by atoms with E-state index >= 15 is 0 Å². The third-order valence-corrected chi connectivity index (χ3v) is 3.69. The van der Waals surface area contributed by atoms with Gasteiger partial charge in [-0.3, -0.25) is 0 Å². The summed E-state index contributed by atoms with van der Waals surface area (Å²) in [5.41, 5.74) is 1.37. The van der Waals surface area contributed by atoms with Crippen LogP contribution in [0.2, 0.25) is 0 Å². The van der Waals surface area contributed by atoms with Crippen molar-refractivity contribution in [2.75, 3.05) is 6.61 Å². The second-order valence-corrected chi connectivity index (χ2v) is 4.62. The van der Waals surface area contributed by atoms with E-state index in [1.807, 2.05) is 13.0 Å². The second-order valence-electron chi connectivity index (χ2n) is 3.49. The van der Waals surface area contributed by atoms with Gasteiger partial charge in [-0.05, 0) is 44.2 Å². The third kappa shape index (κ3) is 1.82. The zero-order valence-corrected chi connectivity index (χ0v) is 9.15. The second kappa shape index (κ2) is 4.13. The fourth-order valence-electron chi connectivity index (χ4n) is 1.79. The van der Waals surface area contributed by atoms with Gasteiger partial charge in [0.2, 0.25) is 0 Å². The van der Waals surface area contributed by atoms with E-state index in [-0.39, 0.29) is 5.97 Å². The Bertz CT molecular complexity index is 318. The zero-order valence-electron chi connectivity index (χ0n) is 8.34. The van der Waals surface area contributed by atoms with Crippen LogP contribution in [0.15, 0.2) is 6.07 Å². The summed E-state index contributed by atoms with van der Waals surface area (Å²) in [4.78, 5) is 13.6. The topological polar surface area (TPSA) is 26.3 Å². The molecule has 0 aromatic carbocycles. The van der Waals surface area contributed by atoms with E-state index in [1.54, 1.807) is 11.3 Å². The maximum Gasteiger partial charge on any atom is 0.348 e. The van der Waals surface area contributed by atoms with Crippen LogP contribution >= 0.6 is 11.3 Å². The van der Waals surface area contributed by atoms with Crippen LogP contribution in [0.25, 0.3) is 0 Å². The molecule has 0 N–H and O–H groups in total. The van der Waals surface area contributed by atoms with E-state index in [0.717, 1.165) is 17.7 Å². The van der Waals surface area contributed by atoms with Crippen LogP contribution in [-0.4, -0.2) is 12.6 Å². The summed E-state index contributed by atoms with van der Waals surface area (Å²) in [5.74, 6) is -0.160. The number of esters is 1. The molecule has 1 heterocycles. The lowest BCUT2D eigenvalue weighted by atomic mass is 9.99. The summed E-state index contributed by atoms with van der Waals surface area (Å²) in [6.07, 6.45) is 4.78. The van der Waals surface area contributed by atoms with Crippen molar-refractivity contribution in [2.45, 2.75) is 32.6 Å². The molecule has 0 spiro atoms. The van der Waals surface area contributed by atoms with Gasteiger partial charge in [0.25, 0.3) is 0 Å². The number of thiophene rings is 1. The van der Waals surface area contributed by atoms with Crippen molar-refractivity contribution in [3.05, 3.63) is 21.4 Å². The molecule has 0 saturated heterocycles. The minimum absolute atomic E-state index is 0.160. The van der Waals surface area contributed by atoms with Crippen LogP contribution in [-0.2, 0) is 17.6 Å². The van der Waals surface area contributed by atoms with E-state index in [1.165, 1.54) is 23.3 Å². The highest BCUT2D eigenvalue weighted by atomic mass is 32.1. The van der Waals surface area contributed by atoms with E-state index in [2.05, 4.69) is 0 Å². The van der Waals surface area contributed by atoms with Crippen LogP contribution < -0.4 is 0 Å². The fraction of sp³-hybridized carbons (Fsp3) is 0.545. The number of carbonyl (C=O) groups excluding carboxylic acids is 1. The molecule has 0 saturated carbocycles. The Kier molecular flexibility index (Phi) is 2.87. The average molecular weight is 210 g/mol. The Morgan fingerprint density at radius 1 is 1.50 bits per heavy atom. The van der Waals surface area contributed by atoms with Crippen molar-refractivity contribution >= 4 is 17.3 Å². The molecule has 1 aromatic heterocycles. The number of hydrogen-bond acceptors (Lipinski definition) is 3. The summed E-state index contributed by atoms with van der Waals surface area (Å²) in [7, 11) is 0. The van der Waals surface area contributed by atoms with Crippen molar-refractivity contribution < 1.29 is 9.53 Å². The third-order valence-electron chi connectivity index (χ3n) is 2.47. The number of hydrogen-bond donors (Lipinski definition) is 0. The highest BCUT2D eigenvalue weighted by Gasteiger charge is 2.17. The Morgan fingerprint density at radius 2 is 2.29 bits per heavy atom. The SMILES string of the molecule is CCOC(=O)c1cc2c(s1)CCCC2. The monoisotopic (exact) mass is 210 g/mol. The summed E-state index contributed by atoms with van der Waals surface area (Å²) >= 11 is 1.61. The van der Waals surface area contributed by atoms with E-state index in [0.29, 0.717) is 6.61 Å². The van der Waals surface area contributed by atoms with Gasteiger partial charge in [-0.1, -0.05) is 0 Å². The quantitative estimate of drug-likeness (QED) is 0.702. The zero-order chi connectivity index (χ0) is 9.97.